The minimum atomic E-state index is 0.837. The first-order valence-electron chi connectivity index (χ1n) is 6.92. The summed E-state index contributed by atoms with van der Waals surface area (Å²) in [6.07, 6.45) is 1.36. The topological polar surface area (TPSA) is 36.2 Å². The van der Waals surface area contributed by atoms with Gasteiger partial charge in [0.2, 0.25) is 0 Å². The van der Waals surface area contributed by atoms with Crippen LogP contribution in [0.4, 0.5) is 5.69 Å². The second kappa shape index (κ2) is 5.71. The fraction of sp³-hybridized carbons (Fsp3) is 0.0526. The maximum atomic E-state index is 7.61. The van der Waals surface area contributed by atoms with E-state index in [2.05, 4.69) is 12.1 Å². The molecule has 0 aromatic heterocycles. The Bertz CT molecular complexity index is 817. The maximum absolute atomic E-state index is 7.61. The average Bonchev–Trinajstić information content (AvgIpc) is 2.55. The minimum Gasteiger partial charge on any atom is -0.308 e. The fourth-order valence-corrected chi connectivity index (χ4v) is 2.38. The zero-order valence-corrected chi connectivity index (χ0v) is 11.9. The van der Waals surface area contributed by atoms with E-state index in [0.717, 1.165) is 33.3 Å². The quantitative estimate of drug-likeness (QED) is 0.653. The van der Waals surface area contributed by atoms with Gasteiger partial charge in [-0.15, -0.1) is 0 Å². The molecule has 21 heavy (non-hydrogen) atoms. The molecule has 3 aromatic carbocycles. The van der Waals surface area contributed by atoms with Crippen LogP contribution in [0.2, 0.25) is 0 Å². The molecule has 0 aliphatic carbocycles. The van der Waals surface area contributed by atoms with Gasteiger partial charge in [0.1, 0.15) is 0 Å². The number of hydrogen-bond donors (Lipinski definition) is 1. The molecule has 0 saturated carbocycles. The van der Waals surface area contributed by atoms with E-state index < -0.39 is 0 Å². The van der Waals surface area contributed by atoms with Gasteiger partial charge in [0.25, 0.3) is 0 Å². The molecule has 3 aromatic rings. The third-order valence-corrected chi connectivity index (χ3v) is 3.53. The summed E-state index contributed by atoms with van der Waals surface area (Å²) in [6.45, 7) is 2.00. The van der Waals surface area contributed by atoms with E-state index in [-0.39, 0.29) is 0 Å². The van der Waals surface area contributed by atoms with Crippen molar-refractivity contribution in [2.45, 2.75) is 6.92 Å². The number of benzene rings is 3. The van der Waals surface area contributed by atoms with Gasteiger partial charge in [-0.25, -0.2) is 0 Å². The Labute approximate surface area is 124 Å². The van der Waals surface area contributed by atoms with Crippen molar-refractivity contribution in [1.82, 2.24) is 0 Å². The molecular formula is C19H16N2. The molecule has 1 N–H and O–H groups in total. The first-order valence-corrected chi connectivity index (χ1v) is 6.92. The summed E-state index contributed by atoms with van der Waals surface area (Å²) in [7, 11) is 0. The van der Waals surface area contributed by atoms with E-state index in [1.165, 1.54) is 6.21 Å². The Kier molecular flexibility index (Phi) is 3.61. The van der Waals surface area contributed by atoms with Gasteiger partial charge in [0.05, 0.1) is 5.69 Å². The highest BCUT2D eigenvalue weighted by molar-refractivity contribution is 6.03. The minimum absolute atomic E-state index is 0.837. The van der Waals surface area contributed by atoms with Crippen molar-refractivity contribution in [3.63, 3.8) is 0 Å². The molecule has 0 atom stereocenters. The van der Waals surface area contributed by atoms with E-state index in [1.54, 1.807) is 0 Å². The van der Waals surface area contributed by atoms with Crippen molar-refractivity contribution in [2.24, 2.45) is 4.99 Å². The molecule has 0 aliphatic rings. The Morgan fingerprint density at radius 3 is 2.19 bits per heavy atom. The molecule has 3 rings (SSSR count). The molecule has 0 heterocycles. The summed E-state index contributed by atoms with van der Waals surface area (Å²) < 4.78 is 0. The van der Waals surface area contributed by atoms with Gasteiger partial charge in [-0.2, -0.15) is 0 Å². The normalized spacial score (nSPS) is 11.6. The molecule has 0 radical (unpaired) electrons. The van der Waals surface area contributed by atoms with E-state index in [0.29, 0.717) is 0 Å². The van der Waals surface area contributed by atoms with Crippen LogP contribution in [0.1, 0.15) is 18.1 Å². The fourth-order valence-electron chi connectivity index (χ4n) is 2.38. The molecule has 102 valence electrons. The number of aliphatic imine (C=N–C) groups is 1. The number of nitrogens with zero attached hydrogens (tertiary/aromatic N) is 1. The molecule has 0 spiro atoms. The first-order chi connectivity index (χ1) is 10.3. The highest BCUT2D eigenvalue weighted by atomic mass is 14.7. The average molecular weight is 272 g/mol. The monoisotopic (exact) mass is 272 g/mol. The molecule has 0 amide bonds. The van der Waals surface area contributed by atoms with Gasteiger partial charge in [-0.3, -0.25) is 4.99 Å². The molecule has 0 fully saturated rings. The summed E-state index contributed by atoms with van der Waals surface area (Å²) in [6, 6.07) is 22.3. The van der Waals surface area contributed by atoms with Gasteiger partial charge in [0.15, 0.2) is 0 Å². The van der Waals surface area contributed by atoms with Gasteiger partial charge in [-0.1, -0.05) is 54.6 Å². The highest BCUT2D eigenvalue weighted by Gasteiger charge is 2.04. The summed E-state index contributed by atoms with van der Waals surface area (Å²) in [5.41, 5.74) is 3.73. The number of fused-ring (bicyclic) bond motifs is 1. The zero-order valence-electron chi connectivity index (χ0n) is 11.9. The van der Waals surface area contributed by atoms with Crippen molar-refractivity contribution < 1.29 is 0 Å². The Balaban J connectivity index is 2.13. The summed E-state index contributed by atoms with van der Waals surface area (Å²) in [5, 5.41) is 9.89. The smallest absolute Gasteiger partial charge is 0.0727 e. The molecular weight excluding hydrogens is 256 g/mol. The third-order valence-electron chi connectivity index (χ3n) is 3.53. The molecule has 0 aliphatic heterocycles. The van der Waals surface area contributed by atoms with Crippen LogP contribution in [-0.2, 0) is 0 Å². The zero-order chi connectivity index (χ0) is 14.7. The SMILES string of the molecule is CC(=Nc1cc2ccccc2cc1C=N)c1ccccc1. The number of hydrogen-bond acceptors (Lipinski definition) is 2. The van der Waals surface area contributed by atoms with Crippen LogP contribution in [0.15, 0.2) is 71.7 Å². The Morgan fingerprint density at radius 2 is 1.52 bits per heavy atom. The Morgan fingerprint density at radius 1 is 0.905 bits per heavy atom. The van der Waals surface area contributed by atoms with Gasteiger partial charge < -0.3 is 5.41 Å². The summed E-state index contributed by atoms with van der Waals surface area (Å²) >= 11 is 0. The van der Waals surface area contributed by atoms with Gasteiger partial charge >= 0.3 is 0 Å². The van der Waals surface area contributed by atoms with Crippen LogP contribution in [0.3, 0.4) is 0 Å². The predicted octanol–water partition coefficient (Wildman–Crippen LogP) is 4.98. The second-order valence-electron chi connectivity index (χ2n) is 4.97. The lowest BCUT2D eigenvalue weighted by Gasteiger charge is -2.06. The van der Waals surface area contributed by atoms with Crippen LogP contribution >= 0.6 is 0 Å². The number of nitrogens with one attached hydrogen (secondary N) is 1. The van der Waals surface area contributed by atoms with Crippen LogP contribution in [0.5, 0.6) is 0 Å². The maximum Gasteiger partial charge on any atom is 0.0727 e. The second-order valence-corrected chi connectivity index (χ2v) is 4.97. The molecule has 2 heteroatoms. The lowest BCUT2D eigenvalue weighted by atomic mass is 10.1. The third kappa shape index (κ3) is 2.75. The van der Waals surface area contributed by atoms with Crippen molar-refractivity contribution >= 4 is 28.4 Å². The van der Waals surface area contributed by atoms with Crippen LogP contribution < -0.4 is 0 Å². The Hall–Kier alpha value is -2.74. The summed E-state index contributed by atoms with van der Waals surface area (Å²) in [5.74, 6) is 0. The lowest BCUT2D eigenvalue weighted by molar-refractivity contribution is 1.46. The van der Waals surface area contributed by atoms with Crippen molar-refractivity contribution in [3.05, 3.63) is 77.9 Å². The van der Waals surface area contributed by atoms with Crippen LogP contribution in [-0.4, -0.2) is 11.9 Å². The van der Waals surface area contributed by atoms with E-state index in [9.17, 15) is 0 Å². The van der Waals surface area contributed by atoms with Crippen molar-refractivity contribution in [3.8, 4) is 0 Å². The van der Waals surface area contributed by atoms with Crippen molar-refractivity contribution in [1.29, 1.82) is 5.41 Å². The van der Waals surface area contributed by atoms with E-state index in [1.807, 2.05) is 61.5 Å². The van der Waals surface area contributed by atoms with Crippen molar-refractivity contribution in [2.75, 3.05) is 0 Å². The van der Waals surface area contributed by atoms with E-state index >= 15 is 0 Å². The highest BCUT2D eigenvalue weighted by Crippen LogP contribution is 2.26. The first kappa shape index (κ1) is 13.3. The van der Waals surface area contributed by atoms with Crippen LogP contribution in [0.25, 0.3) is 10.8 Å². The number of rotatable bonds is 3. The van der Waals surface area contributed by atoms with Gasteiger partial charge in [-0.05, 0) is 35.4 Å². The molecule has 0 bridgehead atoms. The standard InChI is InChI=1S/C19H16N2/c1-14(15-7-3-2-4-8-15)21-19-12-17-10-6-5-9-16(17)11-18(19)13-20/h2-13,20H,1H3. The predicted molar refractivity (Wildman–Crippen MR) is 90.1 cm³/mol. The molecule has 2 nitrogen and oxygen atoms in total. The van der Waals surface area contributed by atoms with Gasteiger partial charge in [0, 0.05) is 17.5 Å². The largest absolute Gasteiger partial charge is 0.308 e. The molecule has 0 saturated heterocycles. The van der Waals surface area contributed by atoms with Crippen LogP contribution in [0, 0.1) is 5.41 Å². The lowest BCUT2D eigenvalue weighted by Crippen LogP contribution is -1.94. The van der Waals surface area contributed by atoms with E-state index in [4.69, 9.17) is 10.4 Å². The summed E-state index contributed by atoms with van der Waals surface area (Å²) in [4.78, 5) is 4.72. The molecule has 0 unspecified atom stereocenters.